The Morgan fingerprint density at radius 1 is 1.26 bits per heavy atom. The van der Waals surface area contributed by atoms with Gasteiger partial charge in [-0.3, -0.25) is 9.89 Å². The molecule has 0 radical (unpaired) electrons. The maximum absolute atomic E-state index is 15.8. The number of H-pyrrole nitrogens is 1. The first-order valence-corrected chi connectivity index (χ1v) is 10.4. The molecule has 1 aliphatic carbocycles. The molecule has 2 heterocycles. The molecule has 4 aromatic rings. The van der Waals surface area contributed by atoms with E-state index in [1.807, 2.05) is 24.5 Å². The Hall–Kier alpha value is -3.22. The lowest BCUT2D eigenvalue weighted by atomic mass is 9.60. The van der Waals surface area contributed by atoms with Crippen LogP contribution in [-0.4, -0.2) is 25.8 Å². The minimum absolute atomic E-state index is 0.0417. The number of hydrogen-bond donors (Lipinski definition) is 2. The SMILES string of the molecule is CC(C)c1c(C2CC(C)(C(=O)O)C2)c2c(F)c3[nH]ncc3cc2n1-c1ccc(F)cc1. The molecule has 2 aromatic heterocycles. The minimum Gasteiger partial charge on any atom is -0.481 e. The van der Waals surface area contributed by atoms with E-state index in [0.717, 1.165) is 16.9 Å². The summed E-state index contributed by atoms with van der Waals surface area (Å²) in [5, 5.41) is 17.5. The summed E-state index contributed by atoms with van der Waals surface area (Å²) < 4.78 is 31.4. The zero-order chi connectivity index (χ0) is 22.1. The predicted octanol–water partition coefficient (Wildman–Crippen LogP) is 5.88. The molecule has 1 aliphatic rings. The van der Waals surface area contributed by atoms with Crippen LogP contribution in [0.3, 0.4) is 0 Å². The van der Waals surface area contributed by atoms with Gasteiger partial charge in [-0.1, -0.05) is 13.8 Å². The van der Waals surface area contributed by atoms with Crippen LogP contribution in [-0.2, 0) is 4.79 Å². The fraction of sp³-hybridized carbons (Fsp3) is 0.333. The summed E-state index contributed by atoms with van der Waals surface area (Å²) in [5.74, 6) is -1.58. The van der Waals surface area contributed by atoms with Crippen molar-refractivity contribution in [3.63, 3.8) is 0 Å². The first-order valence-electron chi connectivity index (χ1n) is 10.4. The van der Waals surface area contributed by atoms with Crippen LogP contribution in [0.5, 0.6) is 0 Å². The molecule has 0 bridgehead atoms. The van der Waals surface area contributed by atoms with Crippen molar-refractivity contribution < 1.29 is 18.7 Å². The molecule has 1 saturated carbocycles. The lowest BCUT2D eigenvalue weighted by molar-refractivity contribution is -0.154. The van der Waals surface area contributed by atoms with Crippen LogP contribution in [0.2, 0.25) is 0 Å². The number of carboxylic acids is 1. The zero-order valence-electron chi connectivity index (χ0n) is 17.5. The normalized spacial score (nSPS) is 21.2. The second kappa shape index (κ2) is 6.64. The topological polar surface area (TPSA) is 70.9 Å². The van der Waals surface area contributed by atoms with E-state index in [0.29, 0.717) is 34.6 Å². The molecule has 31 heavy (non-hydrogen) atoms. The molecule has 1 fully saturated rings. The van der Waals surface area contributed by atoms with E-state index < -0.39 is 11.4 Å². The zero-order valence-corrected chi connectivity index (χ0v) is 17.5. The molecular formula is C24H23F2N3O2. The lowest BCUT2D eigenvalue weighted by Gasteiger charge is -2.42. The Kier molecular flexibility index (Phi) is 4.22. The molecule has 0 saturated heterocycles. The first kappa shape index (κ1) is 19.7. The number of hydrogen-bond acceptors (Lipinski definition) is 2. The van der Waals surface area contributed by atoms with Gasteiger partial charge in [0.1, 0.15) is 11.3 Å². The number of rotatable bonds is 4. The van der Waals surface area contributed by atoms with Gasteiger partial charge in [0.05, 0.1) is 17.1 Å². The van der Waals surface area contributed by atoms with Gasteiger partial charge >= 0.3 is 5.97 Å². The van der Waals surface area contributed by atoms with Crippen molar-refractivity contribution in [2.45, 2.75) is 45.4 Å². The van der Waals surface area contributed by atoms with Gasteiger partial charge in [-0.05, 0) is 67.5 Å². The fourth-order valence-corrected chi connectivity index (χ4v) is 5.11. The molecule has 0 unspecified atom stereocenters. The third-order valence-corrected chi connectivity index (χ3v) is 6.63. The number of nitrogens with zero attached hydrogens (tertiary/aromatic N) is 2. The van der Waals surface area contributed by atoms with Gasteiger partial charge in [0.15, 0.2) is 5.82 Å². The summed E-state index contributed by atoms with van der Waals surface area (Å²) in [5.41, 5.74) is 2.73. The minimum atomic E-state index is -0.825. The van der Waals surface area contributed by atoms with Gasteiger partial charge < -0.3 is 9.67 Å². The third-order valence-electron chi connectivity index (χ3n) is 6.63. The van der Waals surface area contributed by atoms with E-state index in [1.165, 1.54) is 12.1 Å². The number of aromatic nitrogens is 3. The van der Waals surface area contributed by atoms with Crippen molar-refractivity contribution in [1.82, 2.24) is 14.8 Å². The number of aromatic amines is 1. The smallest absolute Gasteiger partial charge is 0.309 e. The number of halogens is 2. The van der Waals surface area contributed by atoms with Crippen molar-refractivity contribution in [1.29, 1.82) is 0 Å². The quantitative estimate of drug-likeness (QED) is 0.431. The number of carbonyl (C=O) groups is 1. The lowest BCUT2D eigenvalue weighted by Crippen LogP contribution is -2.40. The highest BCUT2D eigenvalue weighted by Gasteiger charge is 2.49. The highest BCUT2D eigenvalue weighted by molar-refractivity contribution is 6.00. The van der Waals surface area contributed by atoms with Crippen LogP contribution >= 0.6 is 0 Å². The van der Waals surface area contributed by atoms with Gasteiger partial charge in [-0.25, -0.2) is 8.78 Å². The van der Waals surface area contributed by atoms with E-state index in [1.54, 1.807) is 25.3 Å². The maximum Gasteiger partial charge on any atom is 0.309 e. The molecule has 160 valence electrons. The molecule has 0 aliphatic heterocycles. The third kappa shape index (κ3) is 2.79. The number of nitrogens with one attached hydrogen (secondary N) is 1. The highest BCUT2D eigenvalue weighted by Crippen LogP contribution is 2.55. The maximum atomic E-state index is 15.8. The van der Waals surface area contributed by atoms with Crippen molar-refractivity contribution in [2.75, 3.05) is 0 Å². The summed E-state index contributed by atoms with van der Waals surface area (Å²) in [6.45, 7) is 5.82. The summed E-state index contributed by atoms with van der Waals surface area (Å²) in [6, 6.07) is 8.05. The number of fused-ring (bicyclic) bond motifs is 2. The first-order chi connectivity index (χ1) is 14.7. The monoisotopic (exact) mass is 423 g/mol. The average Bonchev–Trinajstić information content (AvgIpc) is 3.29. The molecule has 2 N–H and O–H groups in total. The Morgan fingerprint density at radius 3 is 2.55 bits per heavy atom. The van der Waals surface area contributed by atoms with E-state index in [4.69, 9.17) is 0 Å². The Bertz CT molecular complexity index is 1330. The fourth-order valence-electron chi connectivity index (χ4n) is 5.11. The highest BCUT2D eigenvalue weighted by atomic mass is 19.1. The van der Waals surface area contributed by atoms with Gasteiger partial charge in [-0.2, -0.15) is 5.10 Å². The van der Waals surface area contributed by atoms with Crippen molar-refractivity contribution >= 4 is 27.8 Å². The van der Waals surface area contributed by atoms with E-state index in [2.05, 4.69) is 10.2 Å². The summed E-state index contributed by atoms with van der Waals surface area (Å²) in [6.07, 6.45) is 2.48. The van der Waals surface area contributed by atoms with Crippen molar-refractivity contribution in [2.24, 2.45) is 5.41 Å². The summed E-state index contributed by atoms with van der Waals surface area (Å²) >= 11 is 0. The second-order valence-corrected chi connectivity index (χ2v) is 9.16. The molecule has 0 amide bonds. The largest absolute Gasteiger partial charge is 0.481 e. The molecule has 5 nitrogen and oxygen atoms in total. The number of benzene rings is 2. The Balaban J connectivity index is 1.85. The van der Waals surface area contributed by atoms with E-state index in [9.17, 15) is 14.3 Å². The Labute approximate surface area is 177 Å². The molecular weight excluding hydrogens is 400 g/mol. The molecule has 0 atom stereocenters. The van der Waals surface area contributed by atoms with Gasteiger partial charge in [0.25, 0.3) is 0 Å². The van der Waals surface area contributed by atoms with E-state index in [-0.39, 0.29) is 23.5 Å². The number of carboxylic acid groups (broad SMARTS) is 1. The van der Waals surface area contributed by atoms with Gasteiger partial charge in [-0.15, -0.1) is 0 Å². The second-order valence-electron chi connectivity index (χ2n) is 9.16. The van der Waals surface area contributed by atoms with Crippen LogP contribution in [0, 0.1) is 17.0 Å². The Morgan fingerprint density at radius 2 is 1.94 bits per heavy atom. The molecule has 7 heteroatoms. The van der Waals surface area contributed by atoms with Crippen LogP contribution < -0.4 is 0 Å². The van der Waals surface area contributed by atoms with Gasteiger partial charge in [0.2, 0.25) is 0 Å². The van der Waals surface area contributed by atoms with Crippen LogP contribution in [0.4, 0.5) is 8.78 Å². The molecule has 0 spiro atoms. The summed E-state index contributed by atoms with van der Waals surface area (Å²) in [4.78, 5) is 11.7. The average molecular weight is 423 g/mol. The standard InChI is InChI=1S/C24H23F2N3O2/c1-12(2)22-18(14-9-24(3,10-14)23(30)31)19-17(8-13-11-27-28-21(13)20(19)26)29(22)16-6-4-15(25)5-7-16/h4-8,11-12,14H,9-10H2,1-3H3,(H,27,28)(H,30,31). The summed E-state index contributed by atoms with van der Waals surface area (Å²) in [7, 11) is 0. The van der Waals surface area contributed by atoms with E-state index >= 15 is 4.39 Å². The van der Waals surface area contributed by atoms with Crippen molar-refractivity contribution in [3.05, 3.63) is 59.4 Å². The van der Waals surface area contributed by atoms with Crippen LogP contribution in [0.1, 0.15) is 56.7 Å². The number of aliphatic carboxylic acids is 1. The molecule has 2 aromatic carbocycles. The van der Waals surface area contributed by atoms with Crippen molar-refractivity contribution in [3.8, 4) is 5.69 Å². The predicted molar refractivity (Wildman–Crippen MR) is 115 cm³/mol. The van der Waals surface area contributed by atoms with Gasteiger partial charge in [0, 0.05) is 22.2 Å². The van der Waals surface area contributed by atoms with Crippen LogP contribution in [0.15, 0.2) is 36.5 Å². The van der Waals surface area contributed by atoms with Crippen LogP contribution in [0.25, 0.3) is 27.5 Å². The molecule has 5 rings (SSSR count).